The van der Waals surface area contributed by atoms with Crippen LogP contribution in [0.3, 0.4) is 0 Å². The van der Waals surface area contributed by atoms with Crippen LogP contribution in [0.15, 0.2) is 47.8 Å². The summed E-state index contributed by atoms with van der Waals surface area (Å²) < 4.78 is 13.0. The van der Waals surface area contributed by atoms with E-state index in [0.717, 1.165) is 62.6 Å². The largest absolute Gasteiger partial charge is 0.494 e. The maximum atomic E-state index is 12.7. The molecule has 3 heterocycles. The van der Waals surface area contributed by atoms with Gasteiger partial charge in [0.05, 0.1) is 17.7 Å². The lowest BCUT2D eigenvalue weighted by atomic mass is 9.91. The number of amides is 1. The summed E-state index contributed by atoms with van der Waals surface area (Å²) in [5.41, 5.74) is 2.65. The Morgan fingerprint density at radius 1 is 1.00 bits per heavy atom. The molecule has 214 valence electrons. The van der Waals surface area contributed by atoms with Gasteiger partial charge in [-0.25, -0.2) is 0 Å². The molecule has 1 fully saturated rings. The van der Waals surface area contributed by atoms with E-state index >= 15 is 0 Å². The van der Waals surface area contributed by atoms with Crippen molar-refractivity contribution in [1.29, 1.82) is 0 Å². The molecule has 0 atom stereocenters. The molecule has 0 aliphatic carbocycles. The number of ether oxygens (including phenoxy) is 2. The first-order chi connectivity index (χ1) is 19.4. The number of aryl methyl sites for hydroxylation is 1. The van der Waals surface area contributed by atoms with E-state index in [2.05, 4.69) is 39.4 Å². The van der Waals surface area contributed by atoms with Gasteiger partial charge in [0.25, 0.3) is 0 Å². The van der Waals surface area contributed by atoms with Crippen LogP contribution < -0.4 is 14.5 Å². The van der Waals surface area contributed by atoms with Crippen LogP contribution in [-0.2, 0) is 20.7 Å². The van der Waals surface area contributed by atoms with Gasteiger partial charge in [0.1, 0.15) is 5.75 Å². The summed E-state index contributed by atoms with van der Waals surface area (Å²) in [6, 6.07) is 14.8. The van der Waals surface area contributed by atoms with Crippen LogP contribution in [0.5, 0.6) is 5.75 Å². The second-order valence-corrected chi connectivity index (χ2v) is 12.4. The molecule has 0 N–H and O–H groups in total. The third-order valence-corrected chi connectivity index (χ3v) is 9.22. The Morgan fingerprint density at radius 2 is 1.82 bits per heavy atom. The fourth-order valence-electron chi connectivity index (χ4n) is 5.31. The van der Waals surface area contributed by atoms with Crippen LogP contribution in [0.2, 0.25) is 0 Å². The van der Waals surface area contributed by atoms with Crippen LogP contribution >= 0.6 is 11.3 Å². The molecule has 7 nitrogen and oxygen atoms in total. The highest BCUT2D eigenvalue weighted by Crippen LogP contribution is 2.33. The zero-order valence-corrected chi connectivity index (χ0v) is 24.8. The minimum atomic E-state index is -0.571. The smallest absolute Gasteiger partial charge is 0.313 e. The zero-order chi connectivity index (χ0) is 28.1. The van der Waals surface area contributed by atoms with Crippen LogP contribution in [0.25, 0.3) is 10.1 Å². The first kappa shape index (κ1) is 28.4. The zero-order valence-electron chi connectivity index (χ0n) is 24.0. The maximum Gasteiger partial charge on any atom is 0.313 e. The quantitative estimate of drug-likeness (QED) is 0.208. The molecule has 0 saturated carbocycles. The van der Waals surface area contributed by atoms with E-state index < -0.39 is 5.41 Å². The first-order valence-electron chi connectivity index (χ1n) is 14.5. The van der Waals surface area contributed by atoms with Gasteiger partial charge in [0, 0.05) is 54.4 Å². The van der Waals surface area contributed by atoms with Crippen molar-refractivity contribution in [2.24, 2.45) is 5.41 Å². The average Bonchev–Trinajstić information content (AvgIpc) is 3.46. The normalized spacial score (nSPS) is 16.3. The number of carbonyl (C=O) groups excluding carboxylic acids is 2. The number of carbonyl (C=O) groups is 2. The van der Waals surface area contributed by atoms with E-state index in [1.54, 1.807) is 4.90 Å². The lowest BCUT2D eigenvalue weighted by molar-refractivity contribution is -0.154. The molecule has 2 aromatic carbocycles. The number of nitrogens with zero attached hydrogens (tertiary/aromatic N) is 3. The van der Waals surface area contributed by atoms with Crippen LogP contribution in [-0.4, -0.2) is 62.8 Å². The Balaban J connectivity index is 1.06. The fourth-order valence-corrected chi connectivity index (χ4v) is 6.11. The van der Waals surface area contributed by atoms with Crippen molar-refractivity contribution >= 4 is 44.7 Å². The minimum absolute atomic E-state index is 0.0288. The molecule has 1 amide bonds. The molecule has 2 aliphatic heterocycles. The molecule has 1 saturated heterocycles. The van der Waals surface area contributed by atoms with Crippen molar-refractivity contribution in [3.63, 3.8) is 0 Å². The van der Waals surface area contributed by atoms with Gasteiger partial charge in [0.2, 0.25) is 5.91 Å². The minimum Gasteiger partial charge on any atom is -0.494 e. The van der Waals surface area contributed by atoms with Crippen molar-refractivity contribution in [3.8, 4) is 5.75 Å². The van der Waals surface area contributed by atoms with Crippen molar-refractivity contribution < 1.29 is 19.1 Å². The van der Waals surface area contributed by atoms with E-state index in [1.807, 2.05) is 50.3 Å². The number of benzene rings is 2. The highest BCUT2D eigenvalue weighted by Gasteiger charge is 2.30. The predicted molar refractivity (Wildman–Crippen MR) is 162 cm³/mol. The molecule has 3 aromatic rings. The number of piperazine rings is 1. The summed E-state index contributed by atoms with van der Waals surface area (Å²) in [6.07, 6.45) is 3.84. The number of hydrogen-bond donors (Lipinski definition) is 0. The van der Waals surface area contributed by atoms with Crippen molar-refractivity contribution in [1.82, 2.24) is 4.90 Å². The summed E-state index contributed by atoms with van der Waals surface area (Å²) in [5.74, 6) is 0.428. The van der Waals surface area contributed by atoms with E-state index in [1.165, 1.54) is 15.8 Å². The van der Waals surface area contributed by atoms with Gasteiger partial charge < -0.3 is 14.4 Å². The van der Waals surface area contributed by atoms with Gasteiger partial charge in [-0.15, -0.1) is 11.3 Å². The number of fused-ring (bicyclic) bond motifs is 2. The van der Waals surface area contributed by atoms with E-state index in [4.69, 9.17) is 9.47 Å². The Kier molecular flexibility index (Phi) is 8.96. The second-order valence-electron chi connectivity index (χ2n) is 11.4. The number of hydrogen-bond acceptors (Lipinski definition) is 7. The molecule has 0 bridgehead atoms. The SMILES string of the molecule is CCC(C)(C)C(=O)OCN1C(=O)CCc2ccc(OCCCCN3CCN(c4cccc5sccc45)CC3)cc21. The molecule has 0 unspecified atom stereocenters. The lowest BCUT2D eigenvalue weighted by Gasteiger charge is -2.36. The van der Waals surface area contributed by atoms with Crippen molar-refractivity contribution in [2.45, 2.75) is 52.9 Å². The predicted octanol–water partition coefficient (Wildman–Crippen LogP) is 6.10. The third kappa shape index (κ3) is 6.44. The van der Waals surface area contributed by atoms with Gasteiger partial charge in [0.15, 0.2) is 6.73 Å². The summed E-state index contributed by atoms with van der Waals surface area (Å²) in [4.78, 5) is 31.8. The molecule has 5 rings (SSSR count). The highest BCUT2D eigenvalue weighted by atomic mass is 32.1. The monoisotopic (exact) mass is 563 g/mol. The highest BCUT2D eigenvalue weighted by molar-refractivity contribution is 7.17. The molecular weight excluding hydrogens is 522 g/mol. The number of esters is 1. The van der Waals surface area contributed by atoms with E-state index in [0.29, 0.717) is 25.9 Å². The standard InChI is InChI=1S/C32H41N3O4S/c1-4-32(2,3)31(37)39-23-35-28-22-25(12-10-24(28)11-13-30(35)36)38-20-6-5-15-33-16-18-34(19-17-33)27-8-7-9-29-26(27)14-21-40-29/h7-10,12,14,21-22H,4-6,11,13,15-20,23H2,1-3H3. The van der Waals surface area contributed by atoms with Crippen molar-refractivity contribution in [3.05, 3.63) is 53.4 Å². The molecular formula is C32H41N3O4S. The van der Waals surface area contributed by atoms with Crippen LogP contribution in [0.1, 0.15) is 52.0 Å². The summed E-state index contributed by atoms with van der Waals surface area (Å²) >= 11 is 1.81. The van der Waals surface area contributed by atoms with Gasteiger partial charge in [-0.2, -0.15) is 0 Å². The molecule has 2 aliphatic rings. The summed E-state index contributed by atoms with van der Waals surface area (Å²) in [6.45, 7) is 11.6. The van der Waals surface area contributed by atoms with Crippen LogP contribution in [0, 0.1) is 5.41 Å². The molecule has 8 heteroatoms. The number of anilines is 2. The Bertz CT molecular complexity index is 1330. The van der Waals surface area contributed by atoms with Crippen molar-refractivity contribution in [2.75, 3.05) is 55.9 Å². The summed E-state index contributed by atoms with van der Waals surface area (Å²) in [7, 11) is 0. The molecule has 1 aromatic heterocycles. The van der Waals surface area contributed by atoms with E-state index in [9.17, 15) is 9.59 Å². The number of unbranched alkanes of at least 4 members (excludes halogenated alkanes) is 1. The Hall–Kier alpha value is -3.10. The molecule has 0 radical (unpaired) electrons. The Labute approximate surface area is 241 Å². The van der Waals surface area contributed by atoms with Gasteiger partial charge in [-0.05, 0) is 81.3 Å². The Morgan fingerprint density at radius 3 is 2.62 bits per heavy atom. The number of rotatable bonds is 11. The first-order valence-corrected chi connectivity index (χ1v) is 15.4. The summed E-state index contributed by atoms with van der Waals surface area (Å²) in [5, 5.41) is 3.55. The fraction of sp³-hybridized carbons (Fsp3) is 0.500. The molecule has 40 heavy (non-hydrogen) atoms. The van der Waals surface area contributed by atoms with Gasteiger partial charge >= 0.3 is 5.97 Å². The van der Waals surface area contributed by atoms with Gasteiger partial charge in [-0.3, -0.25) is 19.4 Å². The van der Waals surface area contributed by atoms with E-state index in [-0.39, 0.29) is 18.6 Å². The second kappa shape index (κ2) is 12.6. The van der Waals surface area contributed by atoms with Gasteiger partial charge in [-0.1, -0.05) is 19.1 Å². The molecule has 0 spiro atoms. The number of thiophene rings is 1. The average molecular weight is 564 g/mol. The third-order valence-electron chi connectivity index (χ3n) is 8.34. The lowest BCUT2D eigenvalue weighted by Crippen LogP contribution is -2.46. The van der Waals surface area contributed by atoms with Crippen LogP contribution in [0.4, 0.5) is 11.4 Å². The maximum absolute atomic E-state index is 12.7. The topological polar surface area (TPSA) is 62.3 Å².